The Bertz CT molecular complexity index is 864. The maximum absolute atomic E-state index is 11.7. The largest absolute Gasteiger partial charge is 0.465 e. The molecular weight excluding hydrogens is 294 g/mol. The van der Waals surface area contributed by atoms with Crippen LogP contribution in [0.4, 0.5) is 5.82 Å². The second-order valence-electron chi connectivity index (χ2n) is 5.02. The van der Waals surface area contributed by atoms with E-state index in [0.29, 0.717) is 24.2 Å². The van der Waals surface area contributed by atoms with Gasteiger partial charge >= 0.3 is 5.97 Å². The van der Waals surface area contributed by atoms with E-state index in [1.54, 1.807) is 31.6 Å². The van der Waals surface area contributed by atoms with Crippen molar-refractivity contribution < 1.29 is 14.3 Å². The first-order valence-corrected chi connectivity index (χ1v) is 7.23. The highest BCUT2D eigenvalue weighted by Gasteiger charge is 2.11. The molecule has 2 heterocycles. The lowest BCUT2D eigenvalue weighted by Gasteiger charge is -2.11. The van der Waals surface area contributed by atoms with E-state index in [1.807, 2.05) is 12.1 Å². The fourth-order valence-corrected chi connectivity index (χ4v) is 2.50. The van der Waals surface area contributed by atoms with Gasteiger partial charge in [-0.3, -0.25) is 4.98 Å². The van der Waals surface area contributed by atoms with Gasteiger partial charge < -0.3 is 14.8 Å². The zero-order valence-electron chi connectivity index (χ0n) is 13.0. The molecule has 0 amide bonds. The Morgan fingerprint density at radius 1 is 1.17 bits per heavy atom. The highest BCUT2D eigenvalue weighted by Crippen LogP contribution is 2.29. The minimum Gasteiger partial charge on any atom is -0.465 e. The van der Waals surface area contributed by atoms with E-state index >= 15 is 0 Å². The van der Waals surface area contributed by atoms with Crippen molar-refractivity contribution in [3.05, 3.63) is 42.2 Å². The Kier molecular flexibility index (Phi) is 4.34. The van der Waals surface area contributed by atoms with Crippen molar-refractivity contribution in [1.82, 2.24) is 9.97 Å². The van der Waals surface area contributed by atoms with Crippen molar-refractivity contribution in [2.45, 2.75) is 0 Å². The first-order valence-electron chi connectivity index (χ1n) is 7.23. The van der Waals surface area contributed by atoms with Crippen LogP contribution in [-0.2, 0) is 9.47 Å². The quantitative estimate of drug-likeness (QED) is 0.443. The number of fused-ring (bicyclic) bond motifs is 3. The molecule has 3 aromatic rings. The number of esters is 1. The summed E-state index contributed by atoms with van der Waals surface area (Å²) in [5, 5.41) is 6.17. The van der Waals surface area contributed by atoms with Crippen LogP contribution in [0.3, 0.4) is 0 Å². The molecule has 0 aliphatic heterocycles. The van der Waals surface area contributed by atoms with Crippen molar-refractivity contribution >= 4 is 33.5 Å². The van der Waals surface area contributed by atoms with Crippen molar-refractivity contribution in [2.75, 3.05) is 32.7 Å². The van der Waals surface area contributed by atoms with Gasteiger partial charge in [0, 0.05) is 42.2 Å². The van der Waals surface area contributed by atoms with Crippen LogP contribution < -0.4 is 5.32 Å². The lowest BCUT2D eigenvalue weighted by atomic mass is 10.1. The zero-order chi connectivity index (χ0) is 16.2. The molecule has 2 aromatic heterocycles. The number of pyridine rings is 2. The Balaban J connectivity index is 2.17. The molecular formula is C17H17N3O3. The van der Waals surface area contributed by atoms with Gasteiger partial charge in [-0.2, -0.15) is 0 Å². The molecule has 0 atom stereocenters. The monoisotopic (exact) mass is 311 g/mol. The number of carbonyl (C=O) groups is 1. The average Bonchev–Trinajstić information content (AvgIpc) is 2.60. The summed E-state index contributed by atoms with van der Waals surface area (Å²) in [4.78, 5) is 20.6. The van der Waals surface area contributed by atoms with Crippen LogP contribution >= 0.6 is 0 Å². The number of nitrogens with one attached hydrogen (secondary N) is 1. The molecule has 0 saturated heterocycles. The van der Waals surface area contributed by atoms with Gasteiger partial charge in [-0.25, -0.2) is 9.78 Å². The normalized spacial score (nSPS) is 10.9. The molecule has 3 rings (SSSR count). The van der Waals surface area contributed by atoms with E-state index in [-0.39, 0.29) is 5.97 Å². The predicted octanol–water partition coefficient (Wildman–Crippen LogP) is 2.63. The number of methoxy groups -OCH3 is 2. The van der Waals surface area contributed by atoms with Gasteiger partial charge in [0.05, 0.1) is 24.8 Å². The van der Waals surface area contributed by atoms with Crippen molar-refractivity contribution in [1.29, 1.82) is 0 Å². The third-order valence-corrected chi connectivity index (χ3v) is 3.62. The van der Waals surface area contributed by atoms with Gasteiger partial charge in [-0.05, 0) is 18.2 Å². The molecule has 6 heteroatoms. The standard InChI is InChI=1S/C17H17N3O3/c1-22-8-7-19-16-13-5-6-18-10-14(13)12-4-3-11(17(21)23-2)9-15(12)20-16/h3-6,9-10H,7-8H2,1-2H3,(H,19,20). The summed E-state index contributed by atoms with van der Waals surface area (Å²) in [7, 11) is 3.02. The number of rotatable bonds is 5. The van der Waals surface area contributed by atoms with Gasteiger partial charge in [0.2, 0.25) is 0 Å². The highest BCUT2D eigenvalue weighted by molar-refractivity contribution is 6.10. The number of carbonyl (C=O) groups excluding carboxylic acids is 1. The van der Waals surface area contributed by atoms with Gasteiger partial charge in [0.15, 0.2) is 0 Å². The average molecular weight is 311 g/mol. The number of hydrogen-bond acceptors (Lipinski definition) is 6. The molecule has 0 aliphatic rings. The molecule has 118 valence electrons. The first kappa shape index (κ1) is 15.2. The van der Waals surface area contributed by atoms with Crippen LogP contribution in [0.1, 0.15) is 10.4 Å². The van der Waals surface area contributed by atoms with Gasteiger partial charge in [0.25, 0.3) is 0 Å². The van der Waals surface area contributed by atoms with Gasteiger partial charge in [0.1, 0.15) is 5.82 Å². The second kappa shape index (κ2) is 6.58. The second-order valence-corrected chi connectivity index (χ2v) is 5.02. The van der Waals surface area contributed by atoms with Crippen LogP contribution in [0.25, 0.3) is 21.7 Å². The van der Waals surface area contributed by atoms with Gasteiger partial charge in [-0.15, -0.1) is 0 Å². The van der Waals surface area contributed by atoms with Crippen LogP contribution in [0.5, 0.6) is 0 Å². The Morgan fingerprint density at radius 3 is 2.83 bits per heavy atom. The molecule has 1 N–H and O–H groups in total. The van der Waals surface area contributed by atoms with Crippen LogP contribution in [0, 0.1) is 0 Å². The zero-order valence-corrected chi connectivity index (χ0v) is 13.0. The molecule has 0 saturated carbocycles. The Hall–Kier alpha value is -2.73. The Labute approximate surface area is 133 Å². The molecule has 0 unspecified atom stereocenters. The summed E-state index contributed by atoms with van der Waals surface area (Å²) in [6.45, 7) is 1.22. The smallest absolute Gasteiger partial charge is 0.337 e. The van der Waals surface area contributed by atoms with E-state index in [2.05, 4.69) is 15.3 Å². The third-order valence-electron chi connectivity index (χ3n) is 3.62. The van der Waals surface area contributed by atoms with Crippen molar-refractivity contribution in [3.63, 3.8) is 0 Å². The summed E-state index contributed by atoms with van der Waals surface area (Å²) in [5.41, 5.74) is 1.19. The van der Waals surface area contributed by atoms with E-state index in [0.717, 1.165) is 22.0 Å². The summed E-state index contributed by atoms with van der Waals surface area (Å²) in [6, 6.07) is 7.26. The minimum absolute atomic E-state index is 0.381. The van der Waals surface area contributed by atoms with Gasteiger partial charge in [-0.1, -0.05) is 6.07 Å². The summed E-state index contributed by atoms with van der Waals surface area (Å²) < 4.78 is 9.84. The van der Waals surface area contributed by atoms with Crippen LogP contribution in [-0.4, -0.2) is 43.3 Å². The topological polar surface area (TPSA) is 73.3 Å². The van der Waals surface area contributed by atoms with E-state index < -0.39 is 0 Å². The number of aromatic nitrogens is 2. The molecule has 6 nitrogen and oxygen atoms in total. The summed E-state index contributed by atoms with van der Waals surface area (Å²) in [6.07, 6.45) is 3.54. The summed E-state index contributed by atoms with van der Waals surface area (Å²) in [5.74, 6) is 0.364. The molecule has 0 bridgehead atoms. The molecule has 1 aromatic carbocycles. The fraction of sp³-hybridized carbons (Fsp3) is 0.235. The number of benzene rings is 1. The van der Waals surface area contributed by atoms with Crippen molar-refractivity contribution in [2.24, 2.45) is 0 Å². The number of anilines is 1. The minimum atomic E-state index is -0.381. The number of hydrogen-bond donors (Lipinski definition) is 1. The molecule has 0 spiro atoms. The molecule has 0 radical (unpaired) electrons. The third kappa shape index (κ3) is 2.93. The maximum atomic E-state index is 11.7. The SMILES string of the molecule is COCCNc1nc2cc(C(=O)OC)ccc2c2cnccc12. The first-order chi connectivity index (χ1) is 11.2. The molecule has 0 fully saturated rings. The van der Waals surface area contributed by atoms with E-state index in [9.17, 15) is 4.79 Å². The lowest BCUT2D eigenvalue weighted by Crippen LogP contribution is -2.09. The molecule has 23 heavy (non-hydrogen) atoms. The van der Waals surface area contributed by atoms with E-state index in [4.69, 9.17) is 9.47 Å². The maximum Gasteiger partial charge on any atom is 0.337 e. The highest BCUT2D eigenvalue weighted by atomic mass is 16.5. The fourth-order valence-electron chi connectivity index (χ4n) is 2.50. The summed E-state index contributed by atoms with van der Waals surface area (Å²) >= 11 is 0. The van der Waals surface area contributed by atoms with E-state index in [1.165, 1.54) is 7.11 Å². The Morgan fingerprint density at radius 2 is 2.04 bits per heavy atom. The predicted molar refractivity (Wildman–Crippen MR) is 88.7 cm³/mol. The molecule has 0 aliphatic carbocycles. The van der Waals surface area contributed by atoms with Crippen LogP contribution in [0.2, 0.25) is 0 Å². The number of nitrogens with zero attached hydrogens (tertiary/aromatic N) is 2. The number of ether oxygens (including phenoxy) is 2. The van der Waals surface area contributed by atoms with Crippen molar-refractivity contribution in [3.8, 4) is 0 Å². The lowest BCUT2D eigenvalue weighted by molar-refractivity contribution is 0.0601. The van der Waals surface area contributed by atoms with Crippen LogP contribution in [0.15, 0.2) is 36.7 Å².